The number of hydrogen-bond donors (Lipinski definition) is 0. The topological polar surface area (TPSA) is 30.2 Å². The highest BCUT2D eigenvalue weighted by Crippen LogP contribution is 2.19. The van der Waals surface area contributed by atoms with Gasteiger partial charge in [-0.05, 0) is 18.2 Å². The first-order valence-electron chi connectivity index (χ1n) is 3.78. The van der Waals surface area contributed by atoms with E-state index >= 15 is 0 Å². The van der Waals surface area contributed by atoms with E-state index < -0.39 is 5.82 Å². The first-order chi connectivity index (χ1) is 6.16. The summed E-state index contributed by atoms with van der Waals surface area (Å²) in [5.41, 5.74) is 0.352. The van der Waals surface area contributed by atoms with E-state index in [0.717, 1.165) is 0 Å². The zero-order valence-electron chi connectivity index (χ0n) is 6.93. The van der Waals surface area contributed by atoms with Gasteiger partial charge in [0.05, 0.1) is 0 Å². The fraction of sp³-hybridized carbons (Fsp3) is 0.100. The molecule has 2 rings (SSSR count). The van der Waals surface area contributed by atoms with Crippen molar-refractivity contribution < 1.29 is 13.6 Å². The molecule has 3 heteroatoms. The fourth-order valence-corrected chi connectivity index (χ4v) is 1.11. The molecule has 0 saturated heterocycles. The molecule has 1 heterocycles. The maximum Gasteiger partial charge on any atom is 0.194 e. The maximum atomic E-state index is 12.7. The molecule has 0 aliphatic rings. The Hall–Kier alpha value is -1.64. The van der Waals surface area contributed by atoms with Crippen molar-refractivity contribution >= 4 is 16.8 Å². The zero-order valence-corrected chi connectivity index (χ0v) is 6.93. The third kappa shape index (κ3) is 1.33. The van der Waals surface area contributed by atoms with Crippen LogP contribution in [0.5, 0.6) is 0 Å². The molecule has 2 nitrogen and oxygen atoms in total. The summed E-state index contributed by atoms with van der Waals surface area (Å²) < 4.78 is 17.8. The lowest BCUT2D eigenvalue weighted by molar-refractivity contribution is 0.0989. The Morgan fingerprint density at radius 3 is 3.00 bits per heavy atom. The number of Topliss-reactive ketones (excluding diaryl/α,β-unsaturated/α-hetero) is 1. The molecule has 0 saturated carbocycles. The number of halogens is 1. The zero-order chi connectivity index (χ0) is 9.42. The SMILES string of the molecule is CC(=O)c1cc2[c]cc(F)cc2o1. The molecule has 0 aliphatic carbocycles. The number of furan rings is 1. The third-order valence-corrected chi connectivity index (χ3v) is 1.74. The summed E-state index contributed by atoms with van der Waals surface area (Å²) in [5, 5.41) is 0.617. The van der Waals surface area contributed by atoms with Crippen LogP contribution in [-0.2, 0) is 0 Å². The van der Waals surface area contributed by atoms with E-state index in [1.54, 1.807) is 6.07 Å². The van der Waals surface area contributed by atoms with Crippen molar-refractivity contribution in [2.45, 2.75) is 6.92 Å². The van der Waals surface area contributed by atoms with Crippen LogP contribution >= 0.6 is 0 Å². The van der Waals surface area contributed by atoms with Gasteiger partial charge in [0.2, 0.25) is 0 Å². The average molecular weight is 177 g/mol. The summed E-state index contributed by atoms with van der Waals surface area (Å²) in [6.07, 6.45) is 0. The molecule has 0 fully saturated rings. The summed E-state index contributed by atoms with van der Waals surface area (Å²) in [6, 6.07) is 6.67. The molecule has 0 atom stereocenters. The minimum Gasteiger partial charge on any atom is -0.453 e. The highest BCUT2D eigenvalue weighted by Gasteiger charge is 2.07. The van der Waals surface area contributed by atoms with Crippen LogP contribution in [0, 0.1) is 11.9 Å². The van der Waals surface area contributed by atoms with Gasteiger partial charge in [0, 0.05) is 18.4 Å². The van der Waals surface area contributed by atoms with Gasteiger partial charge < -0.3 is 4.42 Å². The van der Waals surface area contributed by atoms with Gasteiger partial charge in [-0.2, -0.15) is 0 Å². The van der Waals surface area contributed by atoms with Gasteiger partial charge in [-0.1, -0.05) is 0 Å². The van der Waals surface area contributed by atoms with E-state index in [9.17, 15) is 9.18 Å². The number of hydrogen-bond acceptors (Lipinski definition) is 2. The molecule has 1 radical (unpaired) electrons. The predicted octanol–water partition coefficient (Wildman–Crippen LogP) is 2.57. The molecule has 1 aromatic heterocycles. The molecule has 65 valence electrons. The number of carbonyl (C=O) groups excluding carboxylic acids is 1. The number of carbonyl (C=O) groups is 1. The predicted molar refractivity (Wildman–Crippen MR) is 45.0 cm³/mol. The molecule has 1 aromatic carbocycles. The Morgan fingerprint density at radius 1 is 1.54 bits per heavy atom. The van der Waals surface area contributed by atoms with E-state index in [1.807, 2.05) is 0 Å². The van der Waals surface area contributed by atoms with Crippen molar-refractivity contribution in [1.82, 2.24) is 0 Å². The van der Waals surface area contributed by atoms with Gasteiger partial charge in [0.15, 0.2) is 11.5 Å². The monoisotopic (exact) mass is 177 g/mol. The Kier molecular flexibility index (Phi) is 1.65. The molecule has 0 spiro atoms. The van der Waals surface area contributed by atoms with Crippen LogP contribution in [0.2, 0.25) is 0 Å². The smallest absolute Gasteiger partial charge is 0.194 e. The minimum absolute atomic E-state index is 0.176. The van der Waals surface area contributed by atoms with Crippen LogP contribution in [0.1, 0.15) is 17.5 Å². The lowest BCUT2D eigenvalue weighted by Crippen LogP contribution is -1.85. The first-order valence-corrected chi connectivity index (χ1v) is 3.78. The Morgan fingerprint density at radius 2 is 2.31 bits per heavy atom. The highest BCUT2D eigenvalue weighted by molar-refractivity contribution is 5.95. The van der Waals surface area contributed by atoms with Crippen molar-refractivity contribution in [2.24, 2.45) is 0 Å². The van der Waals surface area contributed by atoms with Crippen LogP contribution in [0.4, 0.5) is 4.39 Å². The second-order valence-corrected chi connectivity index (χ2v) is 2.76. The summed E-state index contributed by atoms with van der Waals surface area (Å²) in [6.45, 7) is 1.40. The van der Waals surface area contributed by atoms with Gasteiger partial charge in [-0.25, -0.2) is 4.39 Å². The lowest BCUT2D eigenvalue weighted by Gasteiger charge is -1.86. The van der Waals surface area contributed by atoms with Gasteiger partial charge >= 0.3 is 0 Å². The van der Waals surface area contributed by atoms with Crippen molar-refractivity contribution in [2.75, 3.05) is 0 Å². The Labute approximate surface area is 74.0 Å². The van der Waals surface area contributed by atoms with E-state index in [4.69, 9.17) is 4.42 Å². The first kappa shape index (κ1) is 7.98. The van der Waals surface area contributed by atoms with Crippen LogP contribution in [0.25, 0.3) is 11.0 Å². The Bertz CT molecular complexity index is 471. The average Bonchev–Trinajstić information content (AvgIpc) is 2.46. The highest BCUT2D eigenvalue weighted by atomic mass is 19.1. The summed E-state index contributed by atoms with van der Waals surface area (Å²) in [5.74, 6) is -0.362. The van der Waals surface area contributed by atoms with Crippen LogP contribution in [-0.4, -0.2) is 5.78 Å². The van der Waals surface area contributed by atoms with Gasteiger partial charge in [-0.3, -0.25) is 4.79 Å². The van der Waals surface area contributed by atoms with Gasteiger partial charge in [-0.15, -0.1) is 0 Å². The van der Waals surface area contributed by atoms with Crippen LogP contribution in [0.15, 0.2) is 22.6 Å². The number of rotatable bonds is 1. The van der Waals surface area contributed by atoms with Gasteiger partial charge in [0.25, 0.3) is 0 Å². The molecule has 0 amide bonds. The van der Waals surface area contributed by atoms with E-state index in [0.29, 0.717) is 11.0 Å². The normalized spacial score (nSPS) is 10.6. The maximum absolute atomic E-state index is 12.7. The summed E-state index contributed by atoms with van der Waals surface area (Å²) >= 11 is 0. The molecule has 0 unspecified atom stereocenters. The van der Waals surface area contributed by atoms with E-state index in [1.165, 1.54) is 19.1 Å². The van der Waals surface area contributed by atoms with Crippen molar-refractivity contribution in [1.29, 1.82) is 0 Å². The number of fused-ring (bicyclic) bond motifs is 1. The lowest BCUT2D eigenvalue weighted by atomic mass is 10.2. The van der Waals surface area contributed by atoms with E-state index in [-0.39, 0.29) is 11.5 Å². The molecular weight excluding hydrogens is 171 g/mol. The van der Waals surface area contributed by atoms with Crippen LogP contribution < -0.4 is 0 Å². The summed E-state index contributed by atoms with van der Waals surface area (Å²) in [4.78, 5) is 10.9. The molecule has 2 aromatic rings. The van der Waals surface area contributed by atoms with Crippen molar-refractivity contribution in [3.05, 3.63) is 35.8 Å². The van der Waals surface area contributed by atoms with Crippen molar-refractivity contribution in [3.63, 3.8) is 0 Å². The molecule has 13 heavy (non-hydrogen) atoms. The standard InChI is InChI=1S/C10H6FO2/c1-6(12)9-4-7-2-3-8(11)5-10(7)13-9/h3-5H,1H3. The van der Waals surface area contributed by atoms with Crippen LogP contribution in [0.3, 0.4) is 0 Å². The third-order valence-electron chi connectivity index (χ3n) is 1.74. The van der Waals surface area contributed by atoms with Crippen molar-refractivity contribution in [3.8, 4) is 0 Å². The fourth-order valence-electron chi connectivity index (χ4n) is 1.11. The van der Waals surface area contributed by atoms with Gasteiger partial charge in [0.1, 0.15) is 11.4 Å². The Balaban J connectivity index is 2.68. The largest absolute Gasteiger partial charge is 0.453 e. The second-order valence-electron chi connectivity index (χ2n) is 2.76. The van der Waals surface area contributed by atoms with E-state index in [2.05, 4.69) is 6.07 Å². The molecule has 0 N–H and O–H groups in total. The molecular formula is C10H6FO2. The molecule has 0 bridgehead atoms. The molecule has 0 aliphatic heterocycles. The number of benzene rings is 1. The minimum atomic E-state index is -0.419. The quantitative estimate of drug-likeness (QED) is 0.626. The second kappa shape index (κ2) is 2.69. The number of ketones is 1. The summed E-state index contributed by atoms with van der Waals surface area (Å²) in [7, 11) is 0.